The molecule has 0 aromatic carbocycles. The van der Waals surface area contributed by atoms with Crippen molar-refractivity contribution in [3.05, 3.63) is 12.2 Å². The van der Waals surface area contributed by atoms with E-state index < -0.39 is 0 Å². The average molecular weight is 309 g/mol. The average Bonchev–Trinajstić information content (AvgIpc) is 3.27. The third kappa shape index (κ3) is 11.3. The molecule has 1 nitrogen and oxygen atoms in total. The first-order chi connectivity index (χ1) is 10.9. The van der Waals surface area contributed by atoms with E-state index in [-0.39, 0.29) is 0 Å². The second-order valence-corrected chi connectivity index (χ2v) is 7.03. The van der Waals surface area contributed by atoms with Crippen LogP contribution in [0.25, 0.3) is 0 Å². The molecule has 0 N–H and O–H groups in total. The van der Waals surface area contributed by atoms with Gasteiger partial charge in [0.1, 0.15) is 0 Å². The molecule has 0 radical (unpaired) electrons. The summed E-state index contributed by atoms with van der Waals surface area (Å²) in [5, 5.41) is 0. The summed E-state index contributed by atoms with van der Waals surface area (Å²) in [6, 6.07) is 0. The maximum absolute atomic E-state index is 5.77. The van der Waals surface area contributed by atoms with E-state index in [9.17, 15) is 0 Å². The van der Waals surface area contributed by atoms with Crippen molar-refractivity contribution in [2.75, 3.05) is 0 Å². The smallest absolute Gasteiger partial charge is 0.0876 e. The molecule has 0 unspecified atom stereocenters. The monoisotopic (exact) mass is 308 g/mol. The van der Waals surface area contributed by atoms with Crippen molar-refractivity contribution in [3.8, 4) is 0 Å². The van der Waals surface area contributed by atoms with Gasteiger partial charge in [-0.25, -0.2) is 0 Å². The topological polar surface area (TPSA) is 12.5 Å². The summed E-state index contributed by atoms with van der Waals surface area (Å²) in [4.78, 5) is 0. The van der Waals surface area contributed by atoms with Crippen LogP contribution in [0.4, 0.5) is 0 Å². The molecule has 130 valence electrons. The van der Waals surface area contributed by atoms with Gasteiger partial charge in [-0.15, -0.1) is 0 Å². The van der Waals surface area contributed by atoms with Gasteiger partial charge in [0.25, 0.3) is 0 Å². The largest absolute Gasteiger partial charge is 0.369 e. The van der Waals surface area contributed by atoms with Crippen molar-refractivity contribution in [3.63, 3.8) is 0 Å². The van der Waals surface area contributed by atoms with E-state index in [4.69, 9.17) is 4.74 Å². The third-order valence-corrected chi connectivity index (χ3v) is 4.79. The normalized spacial score (nSPS) is 20.8. The fourth-order valence-corrected chi connectivity index (χ4v) is 3.16. The van der Waals surface area contributed by atoms with Gasteiger partial charge in [-0.3, -0.25) is 0 Å². The maximum atomic E-state index is 5.77. The second-order valence-electron chi connectivity index (χ2n) is 7.03. The molecule has 1 heteroatoms. The van der Waals surface area contributed by atoms with E-state index in [2.05, 4.69) is 26.0 Å². The number of allylic oxidation sites excluding steroid dienone is 1. The van der Waals surface area contributed by atoms with Crippen LogP contribution in [0.1, 0.15) is 110 Å². The van der Waals surface area contributed by atoms with E-state index in [1.54, 1.807) is 0 Å². The minimum atomic E-state index is 0.552. The van der Waals surface area contributed by atoms with Gasteiger partial charge in [0.15, 0.2) is 0 Å². The summed E-state index contributed by atoms with van der Waals surface area (Å²) in [5.41, 5.74) is 0. The van der Waals surface area contributed by atoms with E-state index >= 15 is 0 Å². The van der Waals surface area contributed by atoms with E-state index in [0.717, 1.165) is 6.42 Å². The van der Waals surface area contributed by atoms with E-state index in [1.807, 2.05) is 0 Å². The molecule has 1 saturated heterocycles. The van der Waals surface area contributed by atoms with Gasteiger partial charge in [0, 0.05) is 0 Å². The summed E-state index contributed by atoms with van der Waals surface area (Å²) in [7, 11) is 0. The van der Waals surface area contributed by atoms with Crippen LogP contribution in [0.2, 0.25) is 0 Å². The molecule has 1 fully saturated rings. The number of ether oxygens (including phenoxy) is 1. The first-order valence-corrected chi connectivity index (χ1v) is 10.2. The Morgan fingerprint density at radius 3 is 1.91 bits per heavy atom. The minimum absolute atomic E-state index is 0.552. The van der Waals surface area contributed by atoms with Crippen molar-refractivity contribution in [1.29, 1.82) is 0 Å². The van der Waals surface area contributed by atoms with Gasteiger partial charge < -0.3 is 4.74 Å². The number of epoxide rings is 1. The Balaban J connectivity index is 1.78. The van der Waals surface area contributed by atoms with E-state index in [0.29, 0.717) is 12.2 Å². The molecular weight excluding hydrogens is 268 g/mol. The highest BCUT2D eigenvalue weighted by molar-refractivity contribution is 4.93. The first-order valence-electron chi connectivity index (χ1n) is 10.2. The standard InChI is InChI=1S/C21H40O/c1-3-5-7-9-11-12-13-15-17-19-21-20(22-21)18-16-14-10-8-6-4-2/h14,16,20-21H,3-13,15,17-19H2,1-2H3/b16-14-/t20-,21-/m1/s1. The van der Waals surface area contributed by atoms with Gasteiger partial charge in [-0.05, 0) is 25.7 Å². The fourth-order valence-electron chi connectivity index (χ4n) is 3.16. The summed E-state index contributed by atoms with van der Waals surface area (Å²) in [6.45, 7) is 4.55. The molecule has 0 bridgehead atoms. The number of rotatable bonds is 16. The molecule has 1 heterocycles. The molecule has 22 heavy (non-hydrogen) atoms. The van der Waals surface area contributed by atoms with E-state index in [1.165, 1.54) is 89.9 Å². The predicted octanol–water partition coefficient (Wildman–Crippen LogP) is 7.20. The SMILES string of the molecule is CCCCC/C=C\C[C@H]1O[C@@H]1CCCCCCCCCCC. The van der Waals surface area contributed by atoms with Crippen molar-refractivity contribution in [1.82, 2.24) is 0 Å². The van der Waals surface area contributed by atoms with Gasteiger partial charge in [0.2, 0.25) is 0 Å². The predicted molar refractivity (Wildman–Crippen MR) is 98.4 cm³/mol. The highest BCUT2D eigenvalue weighted by atomic mass is 16.6. The van der Waals surface area contributed by atoms with Crippen LogP contribution >= 0.6 is 0 Å². The van der Waals surface area contributed by atoms with Crippen molar-refractivity contribution >= 4 is 0 Å². The second kappa shape index (κ2) is 14.3. The zero-order valence-electron chi connectivity index (χ0n) is 15.3. The quantitative estimate of drug-likeness (QED) is 0.167. The van der Waals surface area contributed by atoms with Gasteiger partial charge in [0.05, 0.1) is 12.2 Å². The molecule has 0 aromatic heterocycles. The van der Waals surface area contributed by atoms with Gasteiger partial charge in [-0.1, -0.05) is 96.6 Å². The van der Waals surface area contributed by atoms with Crippen LogP contribution in [0.15, 0.2) is 12.2 Å². The summed E-state index contributed by atoms with van der Waals surface area (Å²) >= 11 is 0. The minimum Gasteiger partial charge on any atom is -0.369 e. The molecule has 0 aromatic rings. The molecule has 0 amide bonds. The Morgan fingerprint density at radius 1 is 0.636 bits per heavy atom. The molecule has 1 rings (SSSR count). The fraction of sp³-hybridized carbons (Fsp3) is 0.905. The molecule has 0 saturated carbocycles. The van der Waals surface area contributed by atoms with Gasteiger partial charge in [-0.2, -0.15) is 0 Å². The number of hydrogen-bond acceptors (Lipinski definition) is 1. The van der Waals surface area contributed by atoms with Crippen molar-refractivity contribution < 1.29 is 4.74 Å². The van der Waals surface area contributed by atoms with Crippen molar-refractivity contribution in [2.45, 2.75) is 122 Å². The molecule has 0 spiro atoms. The Labute approximate surface area is 139 Å². The Hall–Kier alpha value is -0.300. The summed E-state index contributed by atoms with van der Waals surface area (Å²) in [5.74, 6) is 0. The highest BCUT2D eigenvalue weighted by Crippen LogP contribution is 2.30. The molecule has 2 atom stereocenters. The highest BCUT2D eigenvalue weighted by Gasteiger charge is 2.36. The number of unbranched alkanes of at least 4 members (excludes halogenated alkanes) is 11. The third-order valence-electron chi connectivity index (χ3n) is 4.79. The first kappa shape index (κ1) is 19.7. The molecule has 0 aliphatic carbocycles. The Bertz CT molecular complexity index is 259. The lowest BCUT2D eigenvalue weighted by Crippen LogP contribution is -1.93. The molecule has 1 aliphatic rings. The van der Waals surface area contributed by atoms with Crippen LogP contribution in [-0.2, 0) is 4.74 Å². The summed E-state index contributed by atoms with van der Waals surface area (Å²) < 4.78 is 5.77. The van der Waals surface area contributed by atoms with Crippen molar-refractivity contribution in [2.24, 2.45) is 0 Å². The molecule has 1 aliphatic heterocycles. The lowest BCUT2D eigenvalue weighted by atomic mass is 10.0. The molecular formula is C21H40O. The van der Waals surface area contributed by atoms with Crippen LogP contribution in [0.5, 0.6) is 0 Å². The van der Waals surface area contributed by atoms with Crippen LogP contribution < -0.4 is 0 Å². The zero-order valence-corrected chi connectivity index (χ0v) is 15.3. The number of hydrogen-bond donors (Lipinski definition) is 0. The zero-order chi connectivity index (χ0) is 15.9. The lowest BCUT2D eigenvalue weighted by Gasteiger charge is -2.01. The lowest BCUT2D eigenvalue weighted by molar-refractivity contribution is 0.358. The maximum Gasteiger partial charge on any atom is 0.0876 e. The van der Waals surface area contributed by atoms with Crippen LogP contribution in [-0.4, -0.2) is 12.2 Å². The Kier molecular flexibility index (Phi) is 12.8. The summed E-state index contributed by atoms with van der Waals surface area (Å²) in [6.07, 6.45) is 26.4. The Morgan fingerprint density at radius 2 is 1.23 bits per heavy atom. The van der Waals surface area contributed by atoms with Crippen LogP contribution in [0, 0.1) is 0 Å². The van der Waals surface area contributed by atoms with Crippen LogP contribution in [0.3, 0.4) is 0 Å². The van der Waals surface area contributed by atoms with Gasteiger partial charge >= 0.3 is 0 Å².